The van der Waals surface area contributed by atoms with Crippen molar-refractivity contribution in [2.24, 2.45) is 0 Å². The summed E-state index contributed by atoms with van der Waals surface area (Å²) < 4.78 is 1.85. The third-order valence-electron chi connectivity index (χ3n) is 5.92. The molecule has 5 nitrogen and oxygen atoms in total. The molecule has 0 aliphatic heterocycles. The fourth-order valence-electron chi connectivity index (χ4n) is 4.43. The van der Waals surface area contributed by atoms with Crippen LogP contribution in [0.1, 0.15) is 49.3 Å². The lowest BCUT2D eigenvalue weighted by Gasteiger charge is -2.24. The standard InChI is InChI=1S/C23H21ClN4O/c24-21-7-6-15(12-26-21)10-16-11-19-22(18-8-9-25-13-20(16)18)27-14-28(23(19)29)17-4-2-1-3-5-17/h6-9,11-14,17H,1-5,10H2. The first-order chi connectivity index (χ1) is 14.2. The first-order valence-electron chi connectivity index (χ1n) is 10.1. The van der Waals surface area contributed by atoms with Crippen molar-refractivity contribution in [3.63, 3.8) is 0 Å². The Morgan fingerprint density at radius 2 is 1.86 bits per heavy atom. The first-order valence-corrected chi connectivity index (χ1v) is 10.5. The van der Waals surface area contributed by atoms with Crippen LogP contribution in [0.2, 0.25) is 5.15 Å². The minimum atomic E-state index is 0.0519. The van der Waals surface area contributed by atoms with E-state index in [1.165, 1.54) is 19.3 Å². The number of rotatable bonds is 3. The summed E-state index contributed by atoms with van der Waals surface area (Å²) in [5.41, 5.74) is 2.88. The van der Waals surface area contributed by atoms with Gasteiger partial charge in [-0.15, -0.1) is 0 Å². The van der Waals surface area contributed by atoms with Crippen LogP contribution in [0.3, 0.4) is 0 Å². The minimum Gasteiger partial charge on any atom is -0.296 e. The van der Waals surface area contributed by atoms with Crippen molar-refractivity contribution in [3.8, 4) is 0 Å². The summed E-state index contributed by atoms with van der Waals surface area (Å²) in [7, 11) is 0. The number of fused-ring (bicyclic) bond motifs is 3. The van der Waals surface area contributed by atoms with Gasteiger partial charge in [0.25, 0.3) is 5.56 Å². The van der Waals surface area contributed by atoms with Crippen LogP contribution >= 0.6 is 11.6 Å². The Bertz CT molecular complexity index is 1240. The fourth-order valence-corrected chi connectivity index (χ4v) is 4.54. The zero-order valence-electron chi connectivity index (χ0n) is 16.0. The summed E-state index contributed by atoms with van der Waals surface area (Å²) in [5, 5.41) is 3.12. The van der Waals surface area contributed by atoms with Crippen molar-refractivity contribution in [1.29, 1.82) is 0 Å². The van der Waals surface area contributed by atoms with Crippen LogP contribution in [0.25, 0.3) is 21.7 Å². The molecule has 6 heteroatoms. The zero-order chi connectivity index (χ0) is 19.8. The molecular weight excluding hydrogens is 384 g/mol. The second-order valence-corrected chi connectivity index (χ2v) is 8.16. The van der Waals surface area contributed by atoms with E-state index in [2.05, 4.69) is 9.97 Å². The molecule has 1 aromatic carbocycles. The summed E-state index contributed by atoms with van der Waals surface area (Å²) >= 11 is 5.93. The van der Waals surface area contributed by atoms with Gasteiger partial charge < -0.3 is 0 Å². The minimum absolute atomic E-state index is 0.0519. The molecule has 0 unspecified atom stereocenters. The van der Waals surface area contributed by atoms with Crippen molar-refractivity contribution >= 4 is 33.3 Å². The predicted octanol–water partition coefficient (Wildman–Crippen LogP) is 5.09. The fraction of sp³-hybridized carbons (Fsp3) is 0.304. The highest BCUT2D eigenvalue weighted by molar-refractivity contribution is 6.29. The summed E-state index contributed by atoms with van der Waals surface area (Å²) in [6, 6.07) is 7.94. The molecule has 1 fully saturated rings. The highest BCUT2D eigenvalue weighted by Gasteiger charge is 2.19. The van der Waals surface area contributed by atoms with Crippen molar-refractivity contribution in [2.75, 3.05) is 0 Å². The molecule has 0 amide bonds. The second-order valence-electron chi connectivity index (χ2n) is 7.77. The second kappa shape index (κ2) is 7.56. The van der Waals surface area contributed by atoms with Gasteiger partial charge in [0.05, 0.1) is 17.2 Å². The van der Waals surface area contributed by atoms with Crippen molar-refractivity contribution in [1.82, 2.24) is 19.5 Å². The molecule has 3 aromatic heterocycles. The van der Waals surface area contributed by atoms with Gasteiger partial charge in [0.15, 0.2) is 0 Å². The van der Waals surface area contributed by atoms with E-state index in [1.54, 1.807) is 24.8 Å². The van der Waals surface area contributed by atoms with Crippen LogP contribution < -0.4 is 5.56 Å². The smallest absolute Gasteiger partial charge is 0.261 e. The Hall–Kier alpha value is -2.79. The van der Waals surface area contributed by atoms with Gasteiger partial charge in [0.2, 0.25) is 0 Å². The number of aromatic nitrogens is 4. The van der Waals surface area contributed by atoms with E-state index in [4.69, 9.17) is 16.6 Å². The predicted molar refractivity (Wildman–Crippen MR) is 115 cm³/mol. The lowest BCUT2D eigenvalue weighted by molar-refractivity contribution is 0.345. The Morgan fingerprint density at radius 3 is 2.66 bits per heavy atom. The molecule has 1 aliphatic carbocycles. The molecule has 0 N–H and O–H groups in total. The van der Waals surface area contributed by atoms with E-state index in [0.717, 1.165) is 40.3 Å². The molecule has 1 saturated carbocycles. The van der Waals surface area contributed by atoms with Crippen LogP contribution in [0.15, 0.2) is 54.0 Å². The topological polar surface area (TPSA) is 60.7 Å². The molecule has 4 aromatic rings. The van der Waals surface area contributed by atoms with E-state index in [9.17, 15) is 4.79 Å². The third kappa shape index (κ3) is 3.40. The van der Waals surface area contributed by atoms with Crippen LogP contribution in [0.5, 0.6) is 0 Å². The van der Waals surface area contributed by atoms with Gasteiger partial charge in [0.1, 0.15) is 5.15 Å². The number of nitrogens with zero attached hydrogens (tertiary/aromatic N) is 4. The normalized spacial score (nSPS) is 15.2. The average molecular weight is 405 g/mol. The number of hydrogen-bond acceptors (Lipinski definition) is 4. The Labute approximate surface area is 173 Å². The maximum Gasteiger partial charge on any atom is 0.261 e. The monoisotopic (exact) mass is 404 g/mol. The number of hydrogen-bond donors (Lipinski definition) is 0. The summed E-state index contributed by atoms with van der Waals surface area (Å²) in [6.07, 6.45) is 13.5. The molecule has 5 rings (SSSR count). The van der Waals surface area contributed by atoms with E-state index in [0.29, 0.717) is 17.0 Å². The highest BCUT2D eigenvalue weighted by atomic mass is 35.5. The molecule has 1 aliphatic rings. The molecule has 0 radical (unpaired) electrons. The van der Waals surface area contributed by atoms with Crippen LogP contribution in [-0.2, 0) is 6.42 Å². The Kier molecular flexibility index (Phi) is 4.76. The average Bonchev–Trinajstić information content (AvgIpc) is 2.77. The Morgan fingerprint density at radius 1 is 1.00 bits per heavy atom. The van der Waals surface area contributed by atoms with Crippen LogP contribution in [0.4, 0.5) is 0 Å². The highest BCUT2D eigenvalue weighted by Crippen LogP contribution is 2.30. The molecular formula is C23H21ClN4O. The molecule has 0 bridgehead atoms. The largest absolute Gasteiger partial charge is 0.296 e. The SMILES string of the molecule is O=c1c2cc(Cc3ccc(Cl)nc3)c3cnccc3c2ncn1C1CCCCC1. The summed E-state index contributed by atoms with van der Waals surface area (Å²) in [5.74, 6) is 0. The number of pyridine rings is 2. The van der Waals surface area contributed by atoms with Gasteiger partial charge in [-0.25, -0.2) is 9.97 Å². The van der Waals surface area contributed by atoms with Crippen molar-refractivity contribution < 1.29 is 0 Å². The number of benzene rings is 1. The molecule has 146 valence electrons. The lowest BCUT2D eigenvalue weighted by atomic mass is 9.95. The zero-order valence-corrected chi connectivity index (χ0v) is 16.8. The van der Waals surface area contributed by atoms with Gasteiger partial charge >= 0.3 is 0 Å². The molecule has 3 heterocycles. The maximum absolute atomic E-state index is 13.4. The summed E-state index contributed by atoms with van der Waals surface area (Å²) in [6.45, 7) is 0. The third-order valence-corrected chi connectivity index (χ3v) is 6.15. The Balaban J connectivity index is 1.69. The van der Waals surface area contributed by atoms with Crippen molar-refractivity contribution in [2.45, 2.75) is 44.6 Å². The molecule has 0 saturated heterocycles. The van der Waals surface area contributed by atoms with Gasteiger partial charge in [0, 0.05) is 35.4 Å². The summed E-state index contributed by atoms with van der Waals surface area (Å²) in [4.78, 5) is 26.6. The quantitative estimate of drug-likeness (QED) is 0.352. The van der Waals surface area contributed by atoms with Crippen LogP contribution in [0, 0.1) is 0 Å². The van der Waals surface area contributed by atoms with E-state index in [-0.39, 0.29) is 11.6 Å². The van der Waals surface area contributed by atoms with Crippen LogP contribution in [-0.4, -0.2) is 19.5 Å². The lowest BCUT2D eigenvalue weighted by Crippen LogP contribution is -2.26. The van der Waals surface area contributed by atoms with E-state index < -0.39 is 0 Å². The van der Waals surface area contributed by atoms with Gasteiger partial charge in [-0.2, -0.15) is 0 Å². The van der Waals surface area contributed by atoms with Gasteiger partial charge in [-0.1, -0.05) is 36.9 Å². The number of halogens is 1. The van der Waals surface area contributed by atoms with E-state index in [1.807, 2.05) is 29.0 Å². The van der Waals surface area contributed by atoms with Gasteiger partial charge in [-0.05, 0) is 48.6 Å². The van der Waals surface area contributed by atoms with Crippen molar-refractivity contribution in [3.05, 3.63) is 75.8 Å². The van der Waals surface area contributed by atoms with E-state index >= 15 is 0 Å². The first kappa shape index (κ1) is 18.3. The maximum atomic E-state index is 13.4. The molecule has 29 heavy (non-hydrogen) atoms. The molecule has 0 spiro atoms. The molecule has 0 atom stereocenters. The van der Waals surface area contributed by atoms with Gasteiger partial charge in [-0.3, -0.25) is 14.3 Å².